The van der Waals surface area contributed by atoms with Crippen LogP contribution in [-0.2, 0) is 95.7 Å². The van der Waals surface area contributed by atoms with Gasteiger partial charge in [-0.1, -0.05) is 0 Å². The number of aryl methyl sites for hydroxylation is 6. The number of aromatic amines is 4. The second-order valence-electron chi connectivity index (χ2n) is 24.3. The maximum atomic E-state index is 12.5. The fraction of sp³-hybridized carbons (Fsp3) is 0.395. The Morgan fingerprint density at radius 1 is 0.250 bits per heavy atom. The number of unbranched alkanes of at least 4 members (excludes halogenated alkanes) is 6. The van der Waals surface area contributed by atoms with Crippen molar-refractivity contribution in [2.45, 2.75) is 154 Å². The van der Waals surface area contributed by atoms with Gasteiger partial charge in [0.15, 0.2) is 0 Å². The number of carbonyl (C=O) groups excluding carboxylic acids is 6. The molecule has 10 rings (SSSR count). The predicted octanol–water partition coefficient (Wildman–Crippen LogP) is 14.6. The van der Waals surface area contributed by atoms with Crippen molar-refractivity contribution in [2.75, 3.05) is 42.7 Å². The minimum absolute atomic E-state index is 0.259. The zero-order valence-corrected chi connectivity index (χ0v) is 55.9. The Balaban J connectivity index is 1.29. The summed E-state index contributed by atoms with van der Waals surface area (Å²) >= 11 is 0. The van der Waals surface area contributed by atoms with Crippen LogP contribution >= 0.6 is 0 Å². The molecule has 4 aliphatic heterocycles. The van der Waals surface area contributed by atoms with Crippen molar-refractivity contribution in [3.05, 3.63) is 127 Å². The van der Waals surface area contributed by atoms with E-state index in [4.69, 9.17) is 48.4 Å². The zero-order valence-electron chi connectivity index (χ0n) is 55.9. The van der Waals surface area contributed by atoms with E-state index in [2.05, 4.69) is 117 Å². The molecule has 0 saturated heterocycles. The molecule has 6 aromatic heterocycles. The number of H-pyrrole nitrogens is 4. The number of carbonyl (C=O) groups is 6. The predicted molar refractivity (Wildman–Crippen MR) is 374 cm³/mol. The highest BCUT2D eigenvalue weighted by atomic mass is 16.5. The molecule has 0 unspecified atom stereocenters. The molecule has 502 valence electrons. The SMILES string of the molecule is COC(=O)CCCCc1c2nc(c(CCCCC(=O)OC)c3ccc([nH]3)c(-c3c4nc(c(CCCCC(=O)OC)c5ccc([nH]5)c(CCCCC(=O)OC)c5nc(c(CCCCC(=O)OC)c6ccc3[nH]6)C=C5)C=C4)c3nc(c(CCCCC(=O)OC)c4ccc1[nH]4)C=C3)C=C2. The zero-order chi connectivity index (χ0) is 67.5. The van der Waals surface area contributed by atoms with E-state index >= 15 is 0 Å². The minimum atomic E-state index is -0.274. The molecule has 6 aromatic rings. The van der Waals surface area contributed by atoms with Gasteiger partial charge in [-0.2, -0.15) is 0 Å². The van der Waals surface area contributed by atoms with Gasteiger partial charge in [-0.05, 0) is 213 Å². The van der Waals surface area contributed by atoms with Gasteiger partial charge in [0.2, 0.25) is 0 Å². The molecule has 0 saturated carbocycles. The van der Waals surface area contributed by atoms with Crippen LogP contribution in [0.2, 0.25) is 0 Å². The van der Waals surface area contributed by atoms with Crippen molar-refractivity contribution in [2.24, 2.45) is 0 Å². The molecule has 20 heteroatoms. The summed E-state index contributed by atoms with van der Waals surface area (Å²) < 4.78 is 30.2. The number of nitrogens with one attached hydrogen (secondary N) is 4. The van der Waals surface area contributed by atoms with Crippen LogP contribution in [0, 0.1) is 0 Å². The third-order valence-corrected chi connectivity index (χ3v) is 18.1. The van der Waals surface area contributed by atoms with Crippen molar-refractivity contribution in [1.29, 1.82) is 0 Å². The van der Waals surface area contributed by atoms with Crippen LogP contribution in [0.1, 0.15) is 195 Å². The van der Waals surface area contributed by atoms with E-state index in [9.17, 15) is 28.8 Å². The maximum absolute atomic E-state index is 12.5. The number of methoxy groups -OCH3 is 6. The standard InChI is InChI=1S/C76H86N8O12/c1-91-69(85)25-13-7-19-47-53-31-35-57(77-53)49(21-9-15-27-71(87)93-3)61-39-43-65(81-61)75(66-44-40-62(82-66)50(58-36-32-54(47)78-58)22-10-16-28-72(88)94-4)76-67-45-41-63(83-67)51(23-11-17-29-73(89)95-5)59-37-33-55(79-59)48(20-8-14-26-70(86)92-2)56-34-38-60(80-56)52(64-42-46-68(76)84-64)24-12-18-30-74(90)96-6/h31-46,77,79,82,84H,7-30H2,1-6H3. The largest absolute Gasteiger partial charge is 0.469 e. The molecule has 20 nitrogen and oxygen atoms in total. The monoisotopic (exact) mass is 1300 g/mol. The molecule has 0 fully saturated rings. The van der Waals surface area contributed by atoms with Crippen LogP contribution in [0.5, 0.6) is 0 Å². The molecular weight excluding hydrogens is 1220 g/mol. The summed E-state index contributed by atoms with van der Waals surface area (Å²) in [5.74, 6) is -1.61. The van der Waals surface area contributed by atoms with Gasteiger partial charge < -0.3 is 48.4 Å². The Labute approximate surface area is 558 Å². The smallest absolute Gasteiger partial charge is 0.305 e. The van der Waals surface area contributed by atoms with Crippen LogP contribution in [0.15, 0.2) is 48.5 Å². The van der Waals surface area contributed by atoms with Crippen molar-refractivity contribution in [3.8, 4) is 11.1 Å². The number of nitrogens with zero attached hydrogens (tertiary/aromatic N) is 4. The molecule has 0 radical (unpaired) electrons. The molecule has 4 aliphatic rings. The Bertz CT molecular complexity index is 4060. The first-order valence-electron chi connectivity index (χ1n) is 33.5. The molecule has 0 atom stereocenters. The van der Waals surface area contributed by atoms with Gasteiger partial charge in [0, 0.05) is 127 Å². The van der Waals surface area contributed by atoms with Crippen LogP contribution < -0.4 is 0 Å². The van der Waals surface area contributed by atoms with E-state index < -0.39 is 0 Å². The van der Waals surface area contributed by atoms with Gasteiger partial charge in [-0.3, -0.25) is 28.8 Å². The Morgan fingerprint density at radius 2 is 0.417 bits per heavy atom. The lowest BCUT2D eigenvalue weighted by molar-refractivity contribution is -0.141. The molecule has 0 spiro atoms. The summed E-state index contributed by atoms with van der Waals surface area (Å²) in [5.41, 5.74) is 19.8. The maximum Gasteiger partial charge on any atom is 0.305 e. The third kappa shape index (κ3) is 17.1. The quantitative estimate of drug-likeness (QED) is 0.0179. The van der Waals surface area contributed by atoms with Gasteiger partial charge in [-0.25, -0.2) is 19.9 Å². The molecular formula is C76H86N8O12. The fourth-order valence-electron chi connectivity index (χ4n) is 12.9. The topological polar surface area (TPSA) is 273 Å². The number of ether oxygens (including phenoxy) is 6. The Morgan fingerprint density at radius 3 is 0.615 bits per heavy atom. The number of rotatable bonds is 31. The molecule has 0 aromatic carbocycles. The second kappa shape index (κ2) is 33.4. The van der Waals surface area contributed by atoms with Crippen LogP contribution in [0.25, 0.3) is 104 Å². The van der Waals surface area contributed by atoms with Gasteiger partial charge in [0.05, 0.1) is 88.2 Å². The molecule has 10 heterocycles. The fourth-order valence-corrected chi connectivity index (χ4v) is 12.9. The lowest BCUT2D eigenvalue weighted by atomic mass is 10.0. The Hall–Kier alpha value is -9.98. The van der Waals surface area contributed by atoms with E-state index in [1.165, 1.54) is 42.7 Å². The van der Waals surface area contributed by atoms with Crippen molar-refractivity contribution in [1.82, 2.24) is 39.9 Å². The molecule has 0 amide bonds. The van der Waals surface area contributed by atoms with Crippen molar-refractivity contribution in [3.63, 3.8) is 0 Å². The van der Waals surface area contributed by atoms with Crippen LogP contribution in [-0.4, -0.2) is 118 Å². The number of fused-ring (bicyclic) bond motifs is 16. The highest BCUT2D eigenvalue weighted by Crippen LogP contribution is 2.39. The van der Waals surface area contributed by atoms with Crippen molar-refractivity contribution >= 4 is 129 Å². The molecule has 96 heavy (non-hydrogen) atoms. The highest BCUT2D eigenvalue weighted by molar-refractivity contribution is 6.01. The van der Waals surface area contributed by atoms with E-state index in [1.54, 1.807) is 0 Å². The molecule has 16 bridgehead atoms. The van der Waals surface area contributed by atoms with Crippen LogP contribution in [0.3, 0.4) is 0 Å². The lowest BCUT2D eigenvalue weighted by Crippen LogP contribution is -2.01. The number of hydrogen-bond acceptors (Lipinski definition) is 16. The molecule has 4 N–H and O–H groups in total. The average molecular weight is 1300 g/mol. The van der Waals surface area contributed by atoms with Gasteiger partial charge in [0.25, 0.3) is 0 Å². The number of esters is 6. The van der Waals surface area contributed by atoms with Gasteiger partial charge in [-0.15, -0.1) is 0 Å². The van der Waals surface area contributed by atoms with E-state index in [-0.39, 0.29) is 61.5 Å². The summed E-state index contributed by atoms with van der Waals surface area (Å²) in [6.07, 6.45) is 29.3. The first kappa shape index (κ1) is 68.9. The first-order valence-corrected chi connectivity index (χ1v) is 33.5. The minimum Gasteiger partial charge on any atom is -0.469 e. The van der Waals surface area contributed by atoms with E-state index in [0.29, 0.717) is 140 Å². The second-order valence-corrected chi connectivity index (χ2v) is 24.3. The highest BCUT2D eigenvalue weighted by Gasteiger charge is 2.24. The van der Waals surface area contributed by atoms with E-state index in [0.717, 1.165) is 123 Å². The van der Waals surface area contributed by atoms with Crippen LogP contribution in [0.4, 0.5) is 0 Å². The molecule has 0 aliphatic carbocycles. The number of aromatic nitrogens is 8. The first-order chi connectivity index (χ1) is 46.8. The summed E-state index contributed by atoms with van der Waals surface area (Å²) in [7, 11) is 8.43. The van der Waals surface area contributed by atoms with Crippen molar-refractivity contribution < 1.29 is 57.2 Å². The normalized spacial score (nSPS) is 12.1. The summed E-state index contributed by atoms with van der Waals surface area (Å²) in [4.78, 5) is 112. The Kier molecular flexibility index (Phi) is 24.0. The summed E-state index contributed by atoms with van der Waals surface area (Å²) in [6.45, 7) is 0. The van der Waals surface area contributed by atoms with Gasteiger partial charge >= 0.3 is 35.8 Å². The third-order valence-electron chi connectivity index (χ3n) is 18.1. The lowest BCUT2D eigenvalue weighted by Gasteiger charge is -2.08. The van der Waals surface area contributed by atoms with Gasteiger partial charge in [0.1, 0.15) is 0 Å². The summed E-state index contributed by atoms with van der Waals surface area (Å²) in [5, 5.41) is 0. The number of hydrogen-bond donors (Lipinski definition) is 4. The van der Waals surface area contributed by atoms with E-state index in [1.807, 2.05) is 0 Å². The average Bonchev–Trinajstić information content (AvgIpc) is 1.65. The summed E-state index contributed by atoms with van der Waals surface area (Å²) in [6, 6.07) is 16.7.